The van der Waals surface area contributed by atoms with E-state index in [0.717, 1.165) is 35.8 Å². The van der Waals surface area contributed by atoms with Crippen molar-refractivity contribution in [2.45, 2.75) is 39.7 Å². The average Bonchev–Trinajstić information content (AvgIpc) is 3.11. The van der Waals surface area contributed by atoms with E-state index in [9.17, 15) is 4.79 Å². The smallest absolute Gasteiger partial charge is 0.273 e. The van der Waals surface area contributed by atoms with Gasteiger partial charge in [0, 0.05) is 30.2 Å². The highest BCUT2D eigenvalue weighted by atomic mass is 32.1. The van der Waals surface area contributed by atoms with Crippen LogP contribution in [0.4, 0.5) is 0 Å². The van der Waals surface area contributed by atoms with Gasteiger partial charge in [-0.05, 0) is 33.6 Å². The summed E-state index contributed by atoms with van der Waals surface area (Å²) in [4.78, 5) is 19.0. The van der Waals surface area contributed by atoms with Crippen LogP contribution in [0.15, 0.2) is 5.38 Å². The number of hydrogen-bond donors (Lipinski definition) is 0. The molecular weight excluding hydrogens is 284 g/mol. The Morgan fingerprint density at radius 3 is 2.71 bits per heavy atom. The lowest BCUT2D eigenvalue weighted by Crippen LogP contribution is -2.31. The van der Waals surface area contributed by atoms with Crippen molar-refractivity contribution >= 4 is 17.2 Å². The van der Waals surface area contributed by atoms with Crippen molar-refractivity contribution in [3.05, 3.63) is 33.0 Å². The number of likely N-dealkylation sites (tertiary alicyclic amines) is 1. The molecule has 0 aliphatic carbocycles. The Morgan fingerprint density at radius 2 is 2.14 bits per heavy atom. The Hall–Kier alpha value is -1.69. The predicted molar refractivity (Wildman–Crippen MR) is 82.5 cm³/mol. The molecule has 6 heteroatoms. The molecule has 1 aliphatic heterocycles. The van der Waals surface area contributed by atoms with Crippen molar-refractivity contribution in [3.8, 4) is 0 Å². The van der Waals surface area contributed by atoms with E-state index in [4.69, 9.17) is 0 Å². The van der Waals surface area contributed by atoms with E-state index < -0.39 is 0 Å². The van der Waals surface area contributed by atoms with Crippen LogP contribution in [0.5, 0.6) is 0 Å². The predicted octanol–water partition coefficient (Wildman–Crippen LogP) is 2.78. The third-order valence-electron chi connectivity index (χ3n) is 4.25. The van der Waals surface area contributed by atoms with Crippen molar-refractivity contribution in [1.29, 1.82) is 0 Å². The molecule has 1 aliphatic rings. The summed E-state index contributed by atoms with van der Waals surface area (Å²) in [5, 5.41) is 7.28. The fourth-order valence-electron chi connectivity index (χ4n) is 3.19. The molecule has 0 aromatic carbocycles. The first-order valence-electron chi connectivity index (χ1n) is 7.22. The normalized spacial score (nSPS) is 18.5. The second-order valence-electron chi connectivity index (χ2n) is 5.62. The van der Waals surface area contributed by atoms with Crippen LogP contribution in [-0.2, 0) is 7.05 Å². The van der Waals surface area contributed by atoms with Crippen LogP contribution in [0.2, 0.25) is 0 Å². The number of aryl methyl sites for hydroxylation is 3. The van der Waals surface area contributed by atoms with E-state index in [1.807, 2.05) is 35.9 Å². The summed E-state index contributed by atoms with van der Waals surface area (Å²) in [6, 6.07) is 0.133. The number of aromatic nitrogens is 3. The number of carbonyl (C=O) groups is 1. The summed E-state index contributed by atoms with van der Waals surface area (Å²) in [6.07, 6.45) is 2.04. The molecule has 0 spiro atoms. The van der Waals surface area contributed by atoms with Gasteiger partial charge in [-0.3, -0.25) is 9.48 Å². The van der Waals surface area contributed by atoms with Crippen LogP contribution in [0.25, 0.3) is 0 Å². The number of amides is 1. The number of nitrogens with zero attached hydrogens (tertiary/aromatic N) is 4. The minimum absolute atomic E-state index is 0.0458. The lowest BCUT2D eigenvalue weighted by Gasteiger charge is -2.24. The molecule has 3 rings (SSSR count). The zero-order chi connectivity index (χ0) is 15.1. The molecule has 0 bridgehead atoms. The molecule has 21 heavy (non-hydrogen) atoms. The summed E-state index contributed by atoms with van der Waals surface area (Å²) in [6.45, 7) is 6.83. The fourth-order valence-corrected chi connectivity index (χ4v) is 3.78. The monoisotopic (exact) mass is 304 g/mol. The summed E-state index contributed by atoms with van der Waals surface area (Å²) in [7, 11) is 1.96. The van der Waals surface area contributed by atoms with Crippen molar-refractivity contribution in [1.82, 2.24) is 19.7 Å². The fraction of sp³-hybridized carbons (Fsp3) is 0.533. The quantitative estimate of drug-likeness (QED) is 0.857. The molecule has 1 atom stereocenters. The van der Waals surface area contributed by atoms with E-state index in [1.54, 1.807) is 0 Å². The molecule has 2 aromatic rings. The highest BCUT2D eigenvalue weighted by Gasteiger charge is 2.34. The third kappa shape index (κ3) is 2.37. The minimum atomic E-state index is 0.0458. The molecule has 0 unspecified atom stereocenters. The summed E-state index contributed by atoms with van der Waals surface area (Å²) in [5.74, 6) is 0.0458. The molecular formula is C15H20N4OS. The largest absolute Gasteiger partial charge is 0.330 e. The molecule has 5 nitrogen and oxygen atoms in total. The van der Waals surface area contributed by atoms with Crippen molar-refractivity contribution in [2.75, 3.05) is 6.54 Å². The van der Waals surface area contributed by atoms with Crippen molar-refractivity contribution < 1.29 is 4.79 Å². The maximum Gasteiger partial charge on any atom is 0.273 e. The number of thiazole rings is 1. The van der Waals surface area contributed by atoms with Gasteiger partial charge in [-0.15, -0.1) is 11.3 Å². The van der Waals surface area contributed by atoms with Crippen LogP contribution in [0, 0.1) is 20.8 Å². The Labute approximate surface area is 128 Å². The first-order valence-corrected chi connectivity index (χ1v) is 8.10. The molecule has 0 saturated carbocycles. The van der Waals surface area contributed by atoms with Gasteiger partial charge in [-0.25, -0.2) is 4.98 Å². The molecule has 1 fully saturated rings. The van der Waals surface area contributed by atoms with Gasteiger partial charge in [0.15, 0.2) is 0 Å². The summed E-state index contributed by atoms with van der Waals surface area (Å²) < 4.78 is 1.90. The van der Waals surface area contributed by atoms with Crippen LogP contribution >= 0.6 is 11.3 Å². The summed E-state index contributed by atoms with van der Waals surface area (Å²) in [5.41, 5.74) is 3.94. The van der Waals surface area contributed by atoms with Crippen molar-refractivity contribution in [3.63, 3.8) is 0 Å². The SMILES string of the molecule is Cc1nc(C(=O)N2CCC[C@@H]2c2c(C)nn(C)c2C)cs1. The molecule has 1 amide bonds. The van der Waals surface area contributed by atoms with E-state index in [1.165, 1.54) is 16.9 Å². The minimum Gasteiger partial charge on any atom is -0.330 e. The Morgan fingerprint density at radius 1 is 1.38 bits per heavy atom. The second-order valence-corrected chi connectivity index (χ2v) is 6.68. The molecule has 2 aromatic heterocycles. The lowest BCUT2D eigenvalue weighted by molar-refractivity contribution is 0.0729. The summed E-state index contributed by atoms with van der Waals surface area (Å²) >= 11 is 1.52. The standard InChI is InChI=1S/C15H20N4OS/c1-9-14(10(2)18(4)17-9)13-6-5-7-19(13)15(20)12-8-21-11(3)16-12/h8,13H,5-7H2,1-4H3/t13-/m1/s1. The van der Waals surface area contributed by atoms with Crippen molar-refractivity contribution in [2.24, 2.45) is 7.05 Å². The highest BCUT2D eigenvalue weighted by molar-refractivity contribution is 7.09. The molecule has 1 saturated heterocycles. The van der Waals surface area contributed by atoms with Gasteiger partial charge in [0.1, 0.15) is 5.69 Å². The molecule has 3 heterocycles. The average molecular weight is 304 g/mol. The Bertz CT molecular complexity index is 688. The number of hydrogen-bond acceptors (Lipinski definition) is 4. The number of rotatable bonds is 2. The van der Waals surface area contributed by atoms with Gasteiger partial charge in [0.2, 0.25) is 0 Å². The van der Waals surface area contributed by atoms with Crippen LogP contribution in [-0.4, -0.2) is 32.1 Å². The Balaban J connectivity index is 1.94. The first kappa shape index (κ1) is 14.3. The van der Waals surface area contributed by atoms with E-state index in [-0.39, 0.29) is 11.9 Å². The van der Waals surface area contributed by atoms with E-state index in [0.29, 0.717) is 5.69 Å². The highest BCUT2D eigenvalue weighted by Crippen LogP contribution is 2.36. The van der Waals surface area contributed by atoms with Gasteiger partial charge >= 0.3 is 0 Å². The van der Waals surface area contributed by atoms with Gasteiger partial charge < -0.3 is 4.90 Å². The van der Waals surface area contributed by atoms with Gasteiger partial charge in [-0.1, -0.05) is 0 Å². The van der Waals surface area contributed by atoms with Gasteiger partial charge in [0.25, 0.3) is 5.91 Å². The van der Waals surface area contributed by atoms with Crippen LogP contribution < -0.4 is 0 Å². The molecule has 0 radical (unpaired) electrons. The molecule has 112 valence electrons. The molecule has 0 N–H and O–H groups in total. The first-order chi connectivity index (χ1) is 9.99. The van der Waals surface area contributed by atoms with Crippen LogP contribution in [0.1, 0.15) is 51.3 Å². The van der Waals surface area contributed by atoms with Crippen LogP contribution in [0.3, 0.4) is 0 Å². The Kier molecular flexibility index (Phi) is 3.57. The zero-order valence-electron chi connectivity index (χ0n) is 12.9. The second kappa shape index (κ2) is 5.26. The zero-order valence-corrected chi connectivity index (χ0v) is 13.7. The maximum atomic E-state index is 12.7. The lowest BCUT2D eigenvalue weighted by atomic mass is 10.0. The topological polar surface area (TPSA) is 51.0 Å². The van der Waals surface area contributed by atoms with E-state index in [2.05, 4.69) is 17.0 Å². The van der Waals surface area contributed by atoms with Gasteiger partial charge in [0.05, 0.1) is 16.7 Å². The number of carbonyl (C=O) groups excluding carboxylic acids is 1. The maximum absolute atomic E-state index is 12.7. The third-order valence-corrected chi connectivity index (χ3v) is 5.02. The van der Waals surface area contributed by atoms with E-state index >= 15 is 0 Å². The van der Waals surface area contributed by atoms with Gasteiger partial charge in [-0.2, -0.15) is 5.10 Å².